The van der Waals surface area contributed by atoms with Gasteiger partial charge in [-0.1, -0.05) is 6.92 Å². The van der Waals surface area contributed by atoms with Gasteiger partial charge < -0.3 is 9.84 Å². The van der Waals surface area contributed by atoms with Crippen LogP contribution in [0.5, 0.6) is 11.5 Å². The molecule has 146 valence electrons. The highest BCUT2D eigenvalue weighted by Gasteiger charge is 2.27. The van der Waals surface area contributed by atoms with Gasteiger partial charge in [-0.3, -0.25) is 14.2 Å². The lowest BCUT2D eigenvalue weighted by Crippen LogP contribution is -2.14. The number of carbonyl (C=O) groups is 2. The number of esters is 1. The lowest BCUT2D eigenvalue weighted by Gasteiger charge is -2.09. The Morgan fingerprint density at radius 2 is 1.82 bits per heavy atom. The second-order valence-electron chi connectivity index (χ2n) is 6.22. The van der Waals surface area contributed by atoms with Gasteiger partial charge >= 0.3 is 5.97 Å². The van der Waals surface area contributed by atoms with Crippen molar-refractivity contribution in [3.8, 4) is 11.5 Å². The Kier molecular flexibility index (Phi) is 4.89. The first kappa shape index (κ1) is 19.5. The molecule has 0 aliphatic rings. The molecule has 8 heteroatoms. The monoisotopic (exact) mass is 391 g/mol. The van der Waals surface area contributed by atoms with Crippen molar-refractivity contribution in [3.05, 3.63) is 58.5 Å². The highest BCUT2D eigenvalue weighted by Crippen LogP contribution is 2.40. The molecule has 0 saturated heterocycles. The van der Waals surface area contributed by atoms with Crippen LogP contribution in [0.1, 0.15) is 35.5 Å². The number of hydrogen-bond acceptors (Lipinski definition) is 4. The van der Waals surface area contributed by atoms with E-state index >= 15 is 0 Å². The van der Waals surface area contributed by atoms with Gasteiger partial charge in [0.1, 0.15) is 0 Å². The first-order valence-electron chi connectivity index (χ1n) is 8.40. The number of aromatic nitrogens is 1. The predicted octanol–water partition coefficient (Wildman–Crippen LogP) is 4.25. The van der Waals surface area contributed by atoms with Crippen LogP contribution < -0.4 is 4.74 Å². The number of aromatic hydroxyl groups is 1. The smallest absolute Gasteiger partial charge is 0.308 e. The zero-order valence-corrected chi connectivity index (χ0v) is 15.3. The van der Waals surface area contributed by atoms with Gasteiger partial charge in [-0.15, -0.1) is 0 Å². The van der Waals surface area contributed by atoms with E-state index in [-0.39, 0.29) is 39.9 Å². The lowest BCUT2D eigenvalue weighted by atomic mass is 10.1. The molecule has 0 fully saturated rings. The molecule has 1 heterocycles. The molecular weight excluding hydrogens is 375 g/mol. The van der Waals surface area contributed by atoms with Crippen molar-refractivity contribution in [2.75, 3.05) is 0 Å². The molecule has 2 aromatic carbocycles. The molecule has 1 aromatic heterocycles. The van der Waals surface area contributed by atoms with Crippen LogP contribution in [0.4, 0.5) is 13.2 Å². The fraction of sp³-hybridized carbons (Fsp3) is 0.200. The van der Waals surface area contributed by atoms with Gasteiger partial charge in [0.05, 0.1) is 16.6 Å². The van der Waals surface area contributed by atoms with Gasteiger partial charge in [-0.25, -0.2) is 13.2 Å². The van der Waals surface area contributed by atoms with Gasteiger partial charge in [-0.2, -0.15) is 0 Å². The minimum atomic E-state index is -1.21. The average molecular weight is 391 g/mol. The Balaban J connectivity index is 2.36. The molecule has 5 nitrogen and oxygen atoms in total. The van der Waals surface area contributed by atoms with Gasteiger partial charge in [0.15, 0.2) is 29.0 Å². The number of hydrogen-bond donors (Lipinski definition) is 1. The van der Waals surface area contributed by atoms with Crippen LogP contribution in [0.2, 0.25) is 0 Å². The largest absolute Gasteiger partial charge is 0.505 e. The zero-order chi connectivity index (χ0) is 20.7. The Morgan fingerprint density at radius 3 is 2.39 bits per heavy atom. The summed E-state index contributed by atoms with van der Waals surface area (Å²) in [6, 6.07) is 4.02. The number of rotatable bonds is 3. The summed E-state index contributed by atoms with van der Waals surface area (Å²) in [6.07, 6.45) is 0.269. The topological polar surface area (TPSA) is 68.5 Å². The highest BCUT2D eigenvalue weighted by atomic mass is 19.2. The predicted molar refractivity (Wildman–Crippen MR) is 95.1 cm³/mol. The summed E-state index contributed by atoms with van der Waals surface area (Å²) >= 11 is 0. The molecule has 0 spiro atoms. The third kappa shape index (κ3) is 3.00. The fourth-order valence-electron chi connectivity index (χ4n) is 3.09. The molecule has 0 unspecified atom stereocenters. The number of halogens is 3. The minimum Gasteiger partial charge on any atom is -0.505 e. The molecule has 0 bridgehead atoms. The van der Waals surface area contributed by atoms with Crippen LogP contribution in [0.25, 0.3) is 10.9 Å². The van der Waals surface area contributed by atoms with Crippen LogP contribution in [-0.4, -0.2) is 21.6 Å². The molecular formula is C20H16F3NO4. The fourth-order valence-corrected chi connectivity index (χ4v) is 3.09. The molecule has 3 aromatic rings. The molecule has 0 amide bonds. The number of aryl methyl sites for hydroxylation is 1. The molecule has 28 heavy (non-hydrogen) atoms. The van der Waals surface area contributed by atoms with Crippen LogP contribution in [0.3, 0.4) is 0 Å². The molecule has 0 aliphatic heterocycles. The van der Waals surface area contributed by atoms with Crippen molar-refractivity contribution in [1.29, 1.82) is 0 Å². The van der Waals surface area contributed by atoms with E-state index in [1.165, 1.54) is 13.0 Å². The summed E-state index contributed by atoms with van der Waals surface area (Å²) in [5.74, 6) is -5.72. The second-order valence-corrected chi connectivity index (χ2v) is 6.22. The highest BCUT2D eigenvalue weighted by molar-refractivity contribution is 6.06. The van der Waals surface area contributed by atoms with Gasteiger partial charge in [0, 0.05) is 12.5 Å². The quantitative estimate of drug-likeness (QED) is 0.678. The molecule has 3 rings (SSSR count). The van der Waals surface area contributed by atoms with E-state index < -0.39 is 35.1 Å². The van der Waals surface area contributed by atoms with Crippen molar-refractivity contribution in [2.24, 2.45) is 0 Å². The average Bonchev–Trinajstić information content (AvgIpc) is 2.91. The van der Waals surface area contributed by atoms with Crippen molar-refractivity contribution in [1.82, 2.24) is 4.57 Å². The maximum atomic E-state index is 14.9. The Labute approximate surface area is 158 Å². The van der Waals surface area contributed by atoms with Crippen molar-refractivity contribution < 1.29 is 32.6 Å². The van der Waals surface area contributed by atoms with E-state index in [4.69, 9.17) is 4.74 Å². The standard InChI is InChI=1S/C20H16F3NO4/c1-4-11-8-15-16(17(23)18(11)26)19(28-10(3)25)9(2)24(15)20(27)12-5-6-13(21)14(22)7-12/h5-8,26H,4H2,1-3H3. The van der Waals surface area contributed by atoms with E-state index in [0.717, 1.165) is 29.7 Å². The summed E-state index contributed by atoms with van der Waals surface area (Å²) in [5, 5.41) is 9.82. The van der Waals surface area contributed by atoms with Crippen molar-refractivity contribution in [2.45, 2.75) is 27.2 Å². The molecule has 0 saturated carbocycles. The van der Waals surface area contributed by atoms with E-state index in [1.54, 1.807) is 6.92 Å². The molecule has 0 radical (unpaired) electrons. The number of benzene rings is 2. The molecule has 1 N–H and O–H groups in total. The third-order valence-corrected chi connectivity index (χ3v) is 4.43. The van der Waals surface area contributed by atoms with E-state index in [2.05, 4.69) is 0 Å². The minimum absolute atomic E-state index is 0.0376. The lowest BCUT2D eigenvalue weighted by molar-refractivity contribution is -0.131. The number of phenolic OH excluding ortho intramolecular Hbond substituents is 1. The van der Waals surface area contributed by atoms with Crippen LogP contribution in [0, 0.1) is 24.4 Å². The van der Waals surface area contributed by atoms with Crippen LogP contribution in [0.15, 0.2) is 24.3 Å². The normalized spacial score (nSPS) is 11.1. The van der Waals surface area contributed by atoms with Gasteiger partial charge in [0.2, 0.25) is 0 Å². The van der Waals surface area contributed by atoms with E-state index in [1.807, 2.05) is 0 Å². The van der Waals surface area contributed by atoms with E-state index in [9.17, 15) is 27.9 Å². The van der Waals surface area contributed by atoms with Crippen LogP contribution >= 0.6 is 0 Å². The van der Waals surface area contributed by atoms with Gasteiger partial charge in [0.25, 0.3) is 5.91 Å². The number of carbonyl (C=O) groups excluding carboxylic acids is 2. The summed E-state index contributed by atoms with van der Waals surface area (Å²) in [4.78, 5) is 24.5. The summed E-state index contributed by atoms with van der Waals surface area (Å²) < 4.78 is 47.8. The summed E-state index contributed by atoms with van der Waals surface area (Å²) in [5.41, 5.74) is 0.165. The second kappa shape index (κ2) is 7.03. The molecule has 0 aliphatic carbocycles. The Hall–Kier alpha value is -3.29. The number of nitrogens with zero attached hydrogens (tertiary/aromatic N) is 1. The maximum absolute atomic E-state index is 14.9. The SMILES string of the molecule is CCc1cc2c(c(F)c1O)c(OC(C)=O)c(C)n2C(=O)c1ccc(F)c(F)c1. The molecule has 0 atom stereocenters. The number of ether oxygens (including phenoxy) is 1. The Morgan fingerprint density at radius 1 is 1.14 bits per heavy atom. The maximum Gasteiger partial charge on any atom is 0.308 e. The Bertz CT molecular complexity index is 1130. The van der Waals surface area contributed by atoms with Crippen LogP contribution in [-0.2, 0) is 11.2 Å². The first-order valence-corrected chi connectivity index (χ1v) is 8.40. The third-order valence-electron chi connectivity index (χ3n) is 4.43. The zero-order valence-electron chi connectivity index (χ0n) is 15.3. The first-order chi connectivity index (χ1) is 13.2. The number of fused-ring (bicyclic) bond motifs is 1. The summed E-state index contributed by atoms with van der Waals surface area (Å²) in [6.45, 7) is 4.21. The van der Waals surface area contributed by atoms with Crippen molar-refractivity contribution in [3.63, 3.8) is 0 Å². The van der Waals surface area contributed by atoms with Crippen molar-refractivity contribution >= 4 is 22.8 Å². The van der Waals surface area contributed by atoms with E-state index in [0.29, 0.717) is 0 Å². The summed E-state index contributed by atoms with van der Waals surface area (Å²) in [7, 11) is 0. The van der Waals surface area contributed by atoms with Gasteiger partial charge in [-0.05, 0) is 43.2 Å². The number of phenols is 1.